The molecule has 0 aliphatic rings. The van der Waals surface area contributed by atoms with E-state index in [4.69, 9.17) is 5.11 Å². The summed E-state index contributed by atoms with van der Waals surface area (Å²) in [5.41, 5.74) is 0.704. The second kappa shape index (κ2) is 6.77. The SMILES string of the molecule is O=C(O)c1ccc2nc(NC(=O)c3ccnc(OC(F)F)c3)sc2c1. The molecule has 3 rings (SSSR count). The van der Waals surface area contributed by atoms with Crippen LogP contribution in [0.25, 0.3) is 10.2 Å². The zero-order chi connectivity index (χ0) is 18.0. The number of hydrogen-bond donors (Lipinski definition) is 2. The molecule has 1 amide bonds. The van der Waals surface area contributed by atoms with Gasteiger partial charge in [-0.3, -0.25) is 10.1 Å². The first-order chi connectivity index (χ1) is 11.9. The average molecular weight is 365 g/mol. The number of carboxylic acids is 1. The van der Waals surface area contributed by atoms with E-state index >= 15 is 0 Å². The van der Waals surface area contributed by atoms with Gasteiger partial charge in [0.2, 0.25) is 5.88 Å². The Morgan fingerprint density at radius 1 is 1.20 bits per heavy atom. The standard InChI is InChI=1S/C15H9F2N3O4S/c16-14(17)24-11-6-7(3-4-18-11)12(21)20-15-19-9-2-1-8(13(22)23)5-10(9)25-15/h1-6,14H,(H,22,23)(H,19,20,21). The van der Waals surface area contributed by atoms with Crippen molar-refractivity contribution >= 4 is 38.6 Å². The molecule has 2 heterocycles. The Hall–Kier alpha value is -3.14. The van der Waals surface area contributed by atoms with Gasteiger partial charge in [0.1, 0.15) is 0 Å². The Bertz CT molecular complexity index is 961. The smallest absolute Gasteiger partial charge is 0.388 e. The number of amides is 1. The molecule has 0 aliphatic heterocycles. The summed E-state index contributed by atoms with van der Waals surface area (Å²) >= 11 is 1.09. The summed E-state index contributed by atoms with van der Waals surface area (Å²) in [4.78, 5) is 30.9. The highest BCUT2D eigenvalue weighted by Crippen LogP contribution is 2.27. The molecule has 0 saturated heterocycles. The summed E-state index contributed by atoms with van der Waals surface area (Å²) in [6, 6.07) is 6.81. The molecule has 0 saturated carbocycles. The van der Waals surface area contributed by atoms with Crippen LogP contribution in [0.1, 0.15) is 20.7 Å². The minimum Gasteiger partial charge on any atom is -0.478 e. The third-order valence-corrected chi connectivity index (χ3v) is 4.00. The molecule has 128 valence electrons. The number of alkyl halides is 2. The molecule has 0 spiro atoms. The Morgan fingerprint density at radius 2 is 2.00 bits per heavy atom. The second-order valence-corrected chi connectivity index (χ2v) is 5.75. The maximum atomic E-state index is 12.2. The lowest BCUT2D eigenvalue weighted by atomic mass is 10.2. The number of benzene rings is 1. The molecule has 2 N–H and O–H groups in total. The van der Waals surface area contributed by atoms with Crippen molar-refractivity contribution in [2.75, 3.05) is 5.32 Å². The number of rotatable bonds is 5. The normalized spacial score (nSPS) is 10.8. The van der Waals surface area contributed by atoms with Gasteiger partial charge in [-0.05, 0) is 24.3 Å². The number of carbonyl (C=O) groups is 2. The number of aromatic nitrogens is 2. The third kappa shape index (κ3) is 3.86. The number of ether oxygens (including phenoxy) is 1. The number of hydrogen-bond acceptors (Lipinski definition) is 6. The maximum Gasteiger partial charge on any atom is 0.388 e. The predicted octanol–water partition coefficient (Wildman–Crippen LogP) is 3.24. The predicted molar refractivity (Wildman–Crippen MR) is 85.4 cm³/mol. The molecule has 1 aromatic carbocycles. The van der Waals surface area contributed by atoms with Crippen LogP contribution in [0.5, 0.6) is 5.88 Å². The lowest BCUT2D eigenvalue weighted by Crippen LogP contribution is -2.12. The molecule has 7 nitrogen and oxygen atoms in total. The molecule has 10 heteroatoms. The molecule has 25 heavy (non-hydrogen) atoms. The Balaban J connectivity index is 1.81. The van der Waals surface area contributed by atoms with E-state index in [1.165, 1.54) is 30.5 Å². The van der Waals surface area contributed by atoms with Crippen LogP contribution in [0.3, 0.4) is 0 Å². The number of carbonyl (C=O) groups excluding carboxylic acids is 1. The lowest BCUT2D eigenvalue weighted by molar-refractivity contribution is -0.0529. The fraction of sp³-hybridized carbons (Fsp3) is 0.0667. The first-order valence-electron chi connectivity index (χ1n) is 6.78. The number of fused-ring (bicyclic) bond motifs is 1. The van der Waals surface area contributed by atoms with Crippen molar-refractivity contribution in [3.63, 3.8) is 0 Å². The Morgan fingerprint density at radius 3 is 2.72 bits per heavy atom. The Labute approximate surface area is 142 Å². The van der Waals surface area contributed by atoms with Gasteiger partial charge in [0.05, 0.1) is 15.8 Å². The summed E-state index contributed by atoms with van der Waals surface area (Å²) in [5, 5.41) is 11.7. The summed E-state index contributed by atoms with van der Waals surface area (Å²) in [7, 11) is 0. The summed E-state index contributed by atoms with van der Waals surface area (Å²) in [6.07, 6.45) is 1.17. The molecule has 0 bridgehead atoms. The zero-order valence-corrected chi connectivity index (χ0v) is 13.1. The van der Waals surface area contributed by atoms with E-state index in [9.17, 15) is 18.4 Å². The van der Waals surface area contributed by atoms with Crippen LogP contribution in [0.15, 0.2) is 36.5 Å². The fourth-order valence-electron chi connectivity index (χ4n) is 1.99. The number of carboxylic acid groups (broad SMARTS) is 1. The number of nitrogens with zero attached hydrogens (tertiary/aromatic N) is 2. The Kier molecular flexibility index (Phi) is 4.52. The van der Waals surface area contributed by atoms with E-state index in [0.717, 1.165) is 17.4 Å². The highest BCUT2D eigenvalue weighted by atomic mass is 32.1. The summed E-state index contributed by atoms with van der Waals surface area (Å²) in [6.45, 7) is -3.04. The van der Waals surface area contributed by atoms with Gasteiger partial charge in [-0.2, -0.15) is 8.78 Å². The van der Waals surface area contributed by atoms with E-state index in [1.807, 2.05) is 0 Å². The van der Waals surface area contributed by atoms with Crippen molar-refractivity contribution in [1.82, 2.24) is 9.97 Å². The van der Waals surface area contributed by atoms with Gasteiger partial charge in [-0.25, -0.2) is 14.8 Å². The molecule has 3 aromatic rings. The van der Waals surface area contributed by atoms with E-state index in [0.29, 0.717) is 10.2 Å². The lowest BCUT2D eigenvalue weighted by Gasteiger charge is -2.05. The first-order valence-corrected chi connectivity index (χ1v) is 7.60. The summed E-state index contributed by atoms with van der Waals surface area (Å²) in [5.74, 6) is -2.03. The molecule has 0 radical (unpaired) electrons. The third-order valence-electron chi connectivity index (χ3n) is 3.06. The fourth-order valence-corrected chi connectivity index (χ4v) is 2.89. The average Bonchev–Trinajstić information content (AvgIpc) is 2.95. The number of pyridine rings is 1. The van der Waals surface area contributed by atoms with Crippen LogP contribution in [-0.4, -0.2) is 33.6 Å². The molecule has 0 unspecified atom stereocenters. The molecule has 2 aromatic heterocycles. The van der Waals surface area contributed by atoms with Gasteiger partial charge in [0.15, 0.2) is 5.13 Å². The van der Waals surface area contributed by atoms with E-state index < -0.39 is 18.5 Å². The van der Waals surface area contributed by atoms with Gasteiger partial charge in [-0.1, -0.05) is 11.3 Å². The molecule has 0 aliphatic carbocycles. The van der Waals surface area contributed by atoms with Crippen LogP contribution in [0, 0.1) is 0 Å². The summed E-state index contributed by atoms with van der Waals surface area (Å²) < 4.78 is 29.1. The first kappa shape index (κ1) is 16.7. The monoisotopic (exact) mass is 365 g/mol. The van der Waals surface area contributed by atoms with Crippen molar-refractivity contribution in [3.8, 4) is 5.88 Å². The molecular formula is C15H9F2N3O4S. The number of thiazole rings is 1. The van der Waals surface area contributed by atoms with E-state index in [1.54, 1.807) is 0 Å². The van der Waals surface area contributed by atoms with Crippen LogP contribution < -0.4 is 10.1 Å². The van der Waals surface area contributed by atoms with Crippen molar-refractivity contribution in [2.24, 2.45) is 0 Å². The van der Waals surface area contributed by atoms with Crippen LogP contribution in [0.4, 0.5) is 13.9 Å². The van der Waals surface area contributed by atoms with E-state index in [2.05, 4.69) is 20.0 Å². The molecular weight excluding hydrogens is 356 g/mol. The highest BCUT2D eigenvalue weighted by Gasteiger charge is 2.14. The molecule has 0 atom stereocenters. The molecule has 0 fully saturated rings. The van der Waals surface area contributed by atoms with E-state index in [-0.39, 0.29) is 22.1 Å². The van der Waals surface area contributed by atoms with Gasteiger partial charge < -0.3 is 9.84 Å². The maximum absolute atomic E-state index is 12.2. The number of nitrogens with one attached hydrogen (secondary N) is 1. The highest BCUT2D eigenvalue weighted by molar-refractivity contribution is 7.22. The topological polar surface area (TPSA) is 101 Å². The van der Waals surface area contributed by atoms with Crippen LogP contribution in [-0.2, 0) is 0 Å². The van der Waals surface area contributed by atoms with Gasteiger partial charge >= 0.3 is 12.6 Å². The van der Waals surface area contributed by atoms with Crippen LogP contribution >= 0.6 is 11.3 Å². The minimum atomic E-state index is -3.04. The minimum absolute atomic E-state index is 0.0659. The number of anilines is 1. The number of halogens is 2. The van der Waals surface area contributed by atoms with Gasteiger partial charge in [0, 0.05) is 17.8 Å². The van der Waals surface area contributed by atoms with Gasteiger partial charge in [-0.15, -0.1) is 0 Å². The second-order valence-electron chi connectivity index (χ2n) is 4.72. The number of aromatic carboxylic acids is 1. The zero-order valence-electron chi connectivity index (χ0n) is 12.3. The quantitative estimate of drug-likeness (QED) is 0.720. The van der Waals surface area contributed by atoms with Gasteiger partial charge in [0.25, 0.3) is 5.91 Å². The van der Waals surface area contributed by atoms with Crippen molar-refractivity contribution in [3.05, 3.63) is 47.7 Å². The van der Waals surface area contributed by atoms with Crippen molar-refractivity contribution in [1.29, 1.82) is 0 Å². The largest absolute Gasteiger partial charge is 0.478 e. The van der Waals surface area contributed by atoms with Crippen LogP contribution in [0.2, 0.25) is 0 Å². The van der Waals surface area contributed by atoms with Crippen molar-refractivity contribution in [2.45, 2.75) is 6.61 Å². The van der Waals surface area contributed by atoms with Crippen molar-refractivity contribution < 1.29 is 28.2 Å².